The SMILES string of the molecule is COC(=O)c1cccn1-c1ncc(Cl)cn1. The van der Waals surface area contributed by atoms with Crippen LogP contribution in [0.4, 0.5) is 0 Å². The standard InChI is InChI=1S/C10H8ClN3O2/c1-16-9(15)8-3-2-4-14(8)10-12-5-7(11)6-13-10/h2-6H,1H3. The summed E-state index contributed by atoms with van der Waals surface area (Å²) in [4.78, 5) is 19.4. The fraction of sp³-hybridized carbons (Fsp3) is 0.100. The van der Waals surface area contributed by atoms with Crippen molar-refractivity contribution in [2.24, 2.45) is 0 Å². The van der Waals surface area contributed by atoms with Crippen LogP contribution in [0.1, 0.15) is 10.5 Å². The summed E-state index contributed by atoms with van der Waals surface area (Å²) in [6.45, 7) is 0. The Morgan fingerprint density at radius 2 is 2.12 bits per heavy atom. The van der Waals surface area contributed by atoms with Gasteiger partial charge in [-0.05, 0) is 12.1 Å². The van der Waals surface area contributed by atoms with E-state index in [1.165, 1.54) is 24.1 Å². The summed E-state index contributed by atoms with van der Waals surface area (Å²) in [7, 11) is 1.32. The molecular formula is C10H8ClN3O2. The highest BCUT2D eigenvalue weighted by Gasteiger charge is 2.13. The lowest BCUT2D eigenvalue weighted by Crippen LogP contribution is -2.10. The third kappa shape index (κ3) is 1.90. The van der Waals surface area contributed by atoms with Crippen molar-refractivity contribution in [2.45, 2.75) is 0 Å². The minimum atomic E-state index is -0.441. The van der Waals surface area contributed by atoms with Gasteiger partial charge in [-0.2, -0.15) is 0 Å². The Bertz CT molecular complexity index is 507. The maximum atomic E-state index is 11.4. The fourth-order valence-electron chi connectivity index (χ4n) is 1.26. The Balaban J connectivity index is 2.44. The summed E-state index contributed by atoms with van der Waals surface area (Å²) in [5.74, 6) is -0.0710. The zero-order chi connectivity index (χ0) is 11.5. The molecule has 0 radical (unpaired) electrons. The molecule has 0 saturated carbocycles. The summed E-state index contributed by atoms with van der Waals surface area (Å²) in [5, 5.41) is 0.440. The Labute approximate surface area is 96.7 Å². The second kappa shape index (κ2) is 4.32. The average molecular weight is 238 g/mol. The number of carbonyl (C=O) groups is 1. The van der Waals surface area contributed by atoms with Gasteiger partial charge in [-0.3, -0.25) is 4.57 Å². The molecule has 0 N–H and O–H groups in total. The molecule has 0 saturated heterocycles. The second-order valence-corrected chi connectivity index (χ2v) is 3.39. The first-order chi connectivity index (χ1) is 7.72. The highest BCUT2D eigenvalue weighted by molar-refractivity contribution is 6.30. The molecule has 82 valence electrons. The highest BCUT2D eigenvalue weighted by atomic mass is 35.5. The molecule has 0 unspecified atom stereocenters. The summed E-state index contributed by atoms with van der Waals surface area (Å²) in [6.07, 6.45) is 4.60. The average Bonchev–Trinajstić information content (AvgIpc) is 2.78. The van der Waals surface area contributed by atoms with Crippen molar-refractivity contribution in [1.82, 2.24) is 14.5 Å². The molecular weight excluding hydrogens is 230 g/mol. The van der Waals surface area contributed by atoms with Gasteiger partial charge < -0.3 is 4.74 Å². The summed E-state index contributed by atoms with van der Waals surface area (Å²) in [5.41, 5.74) is 0.366. The van der Waals surface area contributed by atoms with Crippen molar-refractivity contribution in [3.05, 3.63) is 41.4 Å². The van der Waals surface area contributed by atoms with Crippen LogP contribution in [0, 0.1) is 0 Å². The van der Waals surface area contributed by atoms with Gasteiger partial charge in [-0.15, -0.1) is 0 Å². The Morgan fingerprint density at radius 3 is 2.75 bits per heavy atom. The van der Waals surface area contributed by atoms with Gasteiger partial charge in [-0.25, -0.2) is 14.8 Å². The molecule has 0 aromatic carbocycles. The number of methoxy groups -OCH3 is 1. The first-order valence-corrected chi connectivity index (χ1v) is 4.84. The number of aromatic nitrogens is 3. The van der Waals surface area contributed by atoms with E-state index in [0.29, 0.717) is 16.7 Å². The third-order valence-corrected chi connectivity index (χ3v) is 2.16. The van der Waals surface area contributed by atoms with Gasteiger partial charge in [0.1, 0.15) is 5.69 Å². The van der Waals surface area contributed by atoms with E-state index in [1.807, 2.05) is 0 Å². The van der Waals surface area contributed by atoms with Crippen molar-refractivity contribution in [2.75, 3.05) is 7.11 Å². The van der Waals surface area contributed by atoms with Crippen LogP contribution >= 0.6 is 11.6 Å². The Morgan fingerprint density at radius 1 is 1.44 bits per heavy atom. The van der Waals surface area contributed by atoms with Crippen LogP contribution in [0.15, 0.2) is 30.7 Å². The Kier molecular flexibility index (Phi) is 2.87. The predicted molar refractivity (Wildman–Crippen MR) is 57.7 cm³/mol. The van der Waals surface area contributed by atoms with Crippen LogP contribution in [0.2, 0.25) is 5.02 Å². The van der Waals surface area contributed by atoms with Gasteiger partial charge in [-0.1, -0.05) is 11.6 Å². The van der Waals surface area contributed by atoms with Crippen LogP contribution in [0.25, 0.3) is 5.95 Å². The topological polar surface area (TPSA) is 57.0 Å². The van der Waals surface area contributed by atoms with E-state index in [1.54, 1.807) is 18.3 Å². The van der Waals surface area contributed by atoms with E-state index >= 15 is 0 Å². The normalized spacial score (nSPS) is 10.1. The van der Waals surface area contributed by atoms with E-state index in [-0.39, 0.29) is 0 Å². The molecule has 0 aliphatic heterocycles. The molecule has 0 spiro atoms. The molecule has 0 aliphatic carbocycles. The van der Waals surface area contributed by atoms with E-state index in [4.69, 9.17) is 11.6 Å². The number of nitrogens with zero attached hydrogens (tertiary/aromatic N) is 3. The van der Waals surface area contributed by atoms with E-state index in [9.17, 15) is 4.79 Å². The zero-order valence-corrected chi connectivity index (χ0v) is 9.18. The highest BCUT2D eigenvalue weighted by Crippen LogP contribution is 2.11. The van der Waals surface area contributed by atoms with Gasteiger partial charge in [0.15, 0.2) is 0 Å². The van der Waals surface area contributed by atoms with Gasteiger partial charge in [0.05, 0.1) is 24.5 Å². The van der Waals surface area contributed by atoms with E-state index < -0.39 is 5.97 Å². The number of rotatable bonds is 2. The number of ether oxygens (including phenoxy) is 1. The molecule has 0 fully saturated rings. The fourth-order valence-corrected chi connectivity index (χ4v) is 1.35. The van der Waals surface area contributed by atoms with Crippen molar-refractivity contribution < 1.29 is 9.53 Å². The molecule has 5 nitrogen and oxygen atoms in total. The zero-order valence-electron chi connectivity index (χ0n) is 8.42. The number of halogens is 1. The first kappa shape index (κ1) is 10.6. The molecule has 2 aromatic rings. The van der Waals surface area contributed by atoms with Crippen molar-refractivity contribution in [3.63, 3.8) is 0 Å². The summed E-state index contributed by atoms with van der Waals surface area (Å²) >= 11 is 5.68. The molecule has 16 heavy (non-hydrogen) atoms. The lowest BCUT2D eigenvalue weighted by atomic mass is 10.4. The smallest absolute Gasteiger partial charge is 0.355 e. The number of esters is 1. The molecule has 2 heterocycles. The van der Waals surface area contributed by atoms with Gasteiger partial charge in [0.25, 0.3) is 0 Å². The number of hydrogen-bond donors (Lipinski definition) is 0. The molecule has 2 rings (SSSR count). The number of hydrogen-bond acceptors (Lipinski definition) is 4. The molecule has 6 heteroatoms. The second-order valence-electron chi connectivity index (χ2n) is 2.96. The van der Waals surface area contributed by atoms with Crippen molar-refractivity contribution >= 4 is 17.6 Å². The van der Waals surface area contributed by atoms with E-state index in [0.717, 1.165) is 0 Å². The maximum absolute atomic E-state index is 11.4. The third-order valence-electron chi connectivity index (χ3n) is 1.97. The maximum Gasteiger partial charge on any atom is 0.355 e. The largest absolute Gasteiger partial charge is 0.464 e. The van der Waals surface area contributed by atoms with Crippen LogP contribution in [-0.2, 0) is 4.74 Å². The van der Waals surface area contributed by atoms with Crippen molar-refractivity contribution in [3.8, 4) is 5.95 Å². The van der Waals surface area contributed by atoms with Crippen molar-refractivity contribution in [1.29, 1.82) is 0 Å². The quantitative estimate of drug-likeness (QED) is 0.746. The lowest BCUT2D eigenvalue weighted by molar-refractivity contribution is 0.0591. The molecule has 2 aromatic heterocycles. The predicted octanol–water partition coefficient (Wildman–Crippen LogP) is 1.71. The minimum absolute atomic E-state index is 0.366. The van der Waals surface area contributed by atoms with Gasteiger partial charge in [0, 0.05) is 6.20 Å². The van der Waals surface area contributed by atoms with Crippen LogP contribution in [-0.4, -0.2) is 27.6 Å². The molecule has 0 amide bonds. The van der Waals surface area contributed by atoms with Gasteiger partial charge in [0.2, 0.25) is 5.95 Å². The minimum Gasteiger partial charge on any atom is -0.464 e. The number of carbonyl (C=O) groups excluding carboxylic acids is 1. The summed E-state index contributed by atoms with van der Waals surface area (Å²) in [6, 6.07) is 3.34. The Hall–Kier alpha value is -1.88. The first-order valence-electron chi connectivity index (χ1n) is 4.46. The monoisotopic (exact) mass is 237 g/mol. The summed E-state index contributed by atoms with van der Waals surface area (Å²) < 4.78 is 6.17. The lowest BCUT2D eigenvalue weighted by Gasteiger charge is -2.05. The van der Waals surface area contributed by atoms with Gasteiger partial charge >= 0.3 is 5.97 Å². The molecule has 0 aliphatic rings. The van der Waals surface area contributed by atoms with E-state index in [2.05, 4.69) is 14.7 Å². The molecule has 0 bridgehead atoms. The molecule has 0 atom stereocenters. The van der Waals surface area contributed by atoms with Crippen LogP contribution < -0.4 is 0 Å². The van der Waals surface area contributed by atoms with Crippen LogP contribution in [0.5, 0.6) is 0 Å². The van der Waals surface area contributed by atoms with Crippen LogP contribution in [0.3, 0.4) is 0 Å².